The number of nitrogens with zero attached hydrogens (tertiary/aromatic N) is 1. The van der Waals surface area contributed by atoms with Gasteiger partial charge in [0.25, 0.3) is 0 Å². The molecule has 0 aliphatic rings. The highest BCUT2D eigenvalue weighted by molar-refractivity contribution is 5.91. The summed E-state index contributed by atoms with van der Waals surface area (Å²) in [7, 11) is 0. The summed E-state index contributed by atoms with van der Waals surface area (Å²) in [5.41, 5.74) is 7.35. The van der Waals surface area contributed by atoms with Crippen molar-refractivity contribution in [2.75, 3.05) is 4.90 Å². The Morgan fingerprint density at radius 1 is 0.857 bits per heavy atom. The van der Waals surface area contributed by atoms with Gasteiger partial charge in [0.05, 0.1) is 0 Å². The van der Waals surface area contributed by atoms with Gasteiger partial charge in [-0.2, -0.15) is 0 Å². The van der Waals surface area contributed by atoms with Gasteiger partial charge in [0, 0.05) is 18.8 Å². The van der Waals surface area contributed by atoms with Gasteiger partial charge in [0.1, 0.15) is 0 Å². The maximum Gasteiger partial charge on any atom is 0.152 e. The molecule has 3 aromatic rings. The topological polar surface area (TPSA) is 20.3 Å². The van der Waals surface area contributed by atoms with Gasteiger partial charge in [0.15, 0.2) is 5.78 Å². The Bertz CT molecular complexity index is 970. The summed E-state index contributed by atoms with van der Waals surface area (Å²) in [5, 5.41) is 0. The third-order valence-corrected chi connectivity index (χ3v) is 4.79. The molecular formula is C26H27NO. The van der Waals surface area contributed by atoms with Gasteiger partial charge in [-0.3, -0.25) is 4.79 Å². The highest BCUT2D eigenvalue weighted by Crippen LogP contribution is 2.24. The maximum absolute atomic E-state index is 11.2. The molecule has 2 heteroatoms. The lowest BCUT2D eigenvalue weighted by molar-refractivity contribution is -0.112. The van der Waals surface area contributed by atoms with E-state index >= 15 is 0 Å². The Morgan fingerprint density at radius 2 is 1.57 bits per heavy atom. The summed E-state index contributed by atoms with van der Waals surface area (Å²) in [4.78, 5) is 13.6. The van der Waals surface area contributed by atoms with Crippen LogP contribution < -0.4 is 4.90 Å². The van der Waals surface area contributed by atoms with E-state index in [0.29, 0.717) is 0 Å². The average Bonchev–Trinajstić information content (AvgIpc) is 2.68. The first kappa shape index (κ1) is 19.6. The number of carbonyl (C=O) groups excluding carboxylic acids is 1. The van der Waals surface area contributed by atoms with Gasteiger partial charge in [-0.15, -0.1) is 0 Å². The molecule has 0 aliphatic carbocycles. The lowest BCUT2D eigenvalue weighted by atomic mass is 10.1. The first-order valence-corrected chi connectivity index (χ1v) is 9.65. The molecule has 2 nitrogen and oxygen atoms in total. The van der Waals surface area contributed by atoms with E-state index < -0.39 is 0 Å². The van der Waals surface area contributed by atoms with E-state index in [1.165, 1.54) is 27.9 Å². The number of allylic oxidation sites excluding steroid dienone is 1. The van der Waals surface area contributed by atoms with Crippen molar-refractivity contribution in [3.05, 3.63) is 107 Å². The lowest BCUT2D eigenvalue weighted by Gasteiger charge is -2.27. The number of aryl methyl sites for hydroxylation is 2. The largest absolute Gasteiger partial charge is 0.363 e. The molecule has 0 radical (unpaired) electrons. The quantitative estimate of drug-likeness (QED) is 0.468. The van der Waals surface area contributed by atoms with Crippen molar-refractivity contribution in [2.24, 2.45) is 0 Å². The fraction of sp³-hybridized carbons (Fsp3) is 0.192. The normalized spacial score (nSPS) is 11.0. The molecule has 142 valence electrons. The number of anilines is 1. The van der Waals surface area contributed by atoms with Crippen LogP contribution in [0.3, 0.4) is 0 Å². The summed E-state index contributed by atoms with van der Waals surface area (Å²) in [6, 6.07) is 25.6. The van der Waals surface area contributed by atoms with Gasteiger partial charge < -0.3 is 4.90 Å². The van der Waals surface area contributed by atoms with Crippen LogP contribution in [0.15, 0.2) is 78.9 Å². The van der Waals surface area contributed by atoms with Crippen molar-refractivity contribution in [3.63, 3.8) is 0 Å². The van der Waals surface area contributed by atoms with Crippen LogP contribution in [0.4, 0.5) is 5.69 Å². The smallest absolute Gasteiger partial charge is 0.152 e. The van der Waals surface area contributed by atoms with Crippen LogP contribution in [0.25, 0.3) is 6.08 Å². The maximum atomic E-state index is 11.2. The average molecular weight is 370 g/mol. The van der Waals surface area contributed by atoms with E-state index in [2.05, 4.69) is 85.5 Å². The van der Waals surface area contributed by atoms with Crippen LogP contribution in [0, 0.1) is 13.8 Å². The predicted octanol–water partition coefficient (Wildman–Crippen LogP) is 6.11. The second-order valence-corrected chi connectivity index (χ2v) is 7.32. The monoisotopic (exact) mass is 369 g/mol. The number of para-hydroxylation sites is 1. The van der Waals surface area contributed by atoms with E-state index in [-0.39, 0.29) is 5.78 Å². The fourth-order valence-corrected chi connectivity index (χ4v) is 3.29. The minimum Gasteiger partial charge on any atom is -0.363 e. The molecule has 0 amide bonds. The van der Waals surface area contributed by atoms with Gasteiger partial charge >= 0.3 is 0 Å². The zero-order valence-electron chi connectivity index (χ0n) is 16.9. The summed E-state index contributed by atoms with van der Waals surface area (Å²) in [6.07, 6.45) is 3.49. The third kappa shape index (κ3) is 5.43. The van der Waals surface area contributed by atoms with E-state index in [9.17, 15) is 4.79 Å². The first-order valence-electron chi connectivity index (χ1n) is 9.65. The third-order valence-electron chi connectivity index (χ3n) is 4.79. The van der Waals surface area contributed by atoms with Crippen molar-refractivity contribution < 1.29 is 4.79 Å². The molecule has 0 aromatic heterocycles. The molecule has 0 saturated heterocycles. The molecule has 3 aromatic carbocycles. The Kier molecular flexibility index (Phi) is 6.44. The number of carbonyl (C=O) groups is 1. The first-order chi connectivity index (χ1) is 13.5. The van der Waals surface area contributed by atoms with Crippen LogP contribution in [-0.4, -0.2) is 5.78 Å². The molecule has 0 atom stereocenters. The van der Waals surface area contributed by atoms with Crippen LogP contribution in [0.5, 0.6) is 0 Å². The molecule has 0 N–H and O–H groups in total. The lowest BCUT2D eigenvalue weighted by Crippen LogP contribution is -2.23. The predicted molar refractivity (Wildman–Crippen MR) is 118 cm³/mol. The van der Waals surface area contributed by atoms with Crippen LogP contribution in [0.2, 0.25) is 0 Å². The van der Waals surface area contributed by atoms with Crippen molar-refractivity contribution in [3.8, 4) is 0 Å². The van der Waals surface area contributed by atoms with Crippen molar-refractivity contribution >= 4 is 17.5 Å². The second-order valence-electron chi connectivity index (χ2n) is 7.32. The van der Waals surface area contributed by atoms with Crippen molar-refractivity contribution in [2.45, 2.75) is 33.9 Å². The molecule has 0 heterocycles. The van der Waals surface area contributed by atoms with E-state index in [0.717, 1.165) is 18.7 Å². The Balaban J connectivity index is 1.89. The SMILES string of the molecule is CC(=O)/C=C/c1cccc(CN(Cc2ccc(C)cc2)c2ccccc2C)c1. The zero-order valence-corrected chi connectivity index (χ0v) is 16.9. The summed E-state index contributed by atoms with van der Waals surface area (Å²) in [6.45, 7) is 7.49. The number of ketones is 1. The number of rotatable bonds is 7. The van der Waals surface area contributed by atoms with Crippen molar-refractivity contribution in [1.82, 2.24) is 0 Å². The van der Waals surface area contributed by atoms with Gasteiger partial charge in [-0.05, 0) is 61.2 Å². The minimum absolute atomic E-state index is 0.0614. The zero-order chi connectivity index (χ0) is 19.9. The Morgan fingerprint density at radius 3 is 2.29 bits per heavy atom. The number of benzene rings is 3. The summed E-state index contributed by atoms with van der Waals surface area (Å²) < 4.78 is 0. The van der Waals surface area contributed by atoms with Gasteiger partial charge in [-0.1, -0.05) is 72.3 Å². The van der Waals surface area contributed by atoms with Crippen LogP contribution in [0.1, 0.15) is 34.7 Å². The van der Waals surface area contributed by atoms with Gasteiger partial charge in [-0.25, -0.2) is 0 Å². The van der Waals surface area contributed by atoms with Crippen LogP contribution in [-0.2, 0) is 17.9 Å². The molecule has 3 rings (SSSR count). The molecular weight excluding hydrogens is 342 g/mol. The van der Waals surface area contributed by atoms with Crippen LogP contribution >= 0.6 is 0 Å². The van der Waals surface area contributed by atoms with E-state index in [1.54, 1.807) is 13.0 Å². The Labute approximate surface area is 168 Å². The fourth-order valence-electron chi connectivity index (χ4n) is 3.29. The number of hydrogen-bond acceptors (Lipinski definition) is 2. The number of hydrogen-bond donors (Lipinski definition) is 0. The molecule has 0 unspecified atom stereocenters. The molecule has 0 fully saturated rings. The molecule has 0 spiro atoms. The molecule has 0 bridgehead atoms. The second kappa shape index (κ2) is 9.18. The van der Waals surface area contributed by atoms with E-state index in [4.69, 9.17) is 0 Å². The molecule has 0 saturated carbocycles. The molecule has 0 aliphatic heterocycles. The minimum atomic E-state index is 0.0614. The summed E-state index contributed by atoms with van der Waals surface area (Å²) in [5.74, 6) is 0.0614. The van der Waals surface area contributed by atoms with E-state index in [1.807, 2.05) is 12.1 Å². The highest BCUT2D eigenvalue weighted by Gasteiger charge is 2.11. The Hall–Kier alpha value is -3.13. The summed E-state index contributed by atoms with van der Waals surface area (Å²) >= 11 is 0. The van der Waals surface area contributed by atoms with Crippen molar-refractivity contribution in [1.29, 1.82) is 0 Å². The van der Waals surface area contributed by atoms with Gasteiger partial charge in [0.2, 0.25) is 0 Å². The molecule has 28 heavy (non-hydrogen) atoms. The highest BCUT2D eigenvalue weighted by atomic mass is 16.1. The standard InChI is InChI=1S/C26H27NO/c1-20-11-14-24(15-12-20)18-27(26-10-5-4-7-21(26)2)19-25-9-6-8-23(17-25)16-13-22(3)28/h4-17H,18-19H2,1-3H3/b16-13+.